The van der Waals surface area contributed by atoms with Crippen molar-refractivity contribution in [1.82, 2.24) is 4.90 Å². The monoisotopic (exact) mass is 383 g/mol. The minimum absolute atomic E-state index is 0.0676. The molecule has 6 atom stereocenters. The molecule has 5 heteroatoms. The zero-order chi connectivity index (χ0) is 19.5. The minimum Gasteiger partial charge on any atom is -0.493 e. The van der Waals surface area contributed by atoms with Crippen LogP contribution in [0.1, 0.15) is 43.7 Å². The molecule has 0 radical (unpaired) electrons. The fourth-order valence-corrected chi connectivity index (χ4v) is 8.30. The van der Waals surface area contributed by atoms with Crippen molar-refractivity contribution in [2.75, 3.05) is 27.8 Å². The maximum Gasteiger partial charge on any atom is 0.165 e. The van der Waals surface area contributed by atoms with E-state index in [0.717, 1.165) is 50.1 Å². The van der Waals surface area contributed by atoms with Crippen LogP contribution in [0, 0.1) is 11.3 Å². The van der Waals surface area contributed by atoms with Gasteiger partial charge in [-0.15, -0.1) is 0 Å². The van der Waals surface area contributed by atoms with Crippen molar-refractivity contribution < 1.29 is 19.0 Å². The fourth-order valence-electron chi connectivity index (χ4n) is 8.30. The third-order valence-corrected chi connectivity index (χ3v) is 9.32. The predicted molar refractivity (Wildman–Crippen MR) is 104 cm³/mol. The number of piperidine rings is 1. The van der Waals surface area contributed by atoms with E-state index >= 15 is 0 Å². The molecule has 2 spiro atoms. The van der Waals surface area contributed by atoms with Crippen LogP contribution in [0.2, 0.25) is 0 Å². The Hall–Kier alpha value is -1.59. The molecule has 2 heterocycles. The molecule has 3 saturated carbocycles. The molecule has 7 rings (SSSR count). The van der Waals surface area contributed by atoms with Gasteiger partial charge in [0.05, 0.1) is 13.0 Å². The summed E-state index contributed by atoms with van der Waals surface area (Å²) in [6.45, 7) is 2.80. The number of ketones is 1. The highest BCUT2D eigenvalue weighted by atomic mass is 16.6. The second-order valence-electron chi connectivity index (χ2n) is 9.73. The van der Waals surface area contributed by atoms with Gasteiger partial charge in [0.2, 0.25) is 0 Å². The Morgan fingerprint density at radius 1 is 1.25 bits per heavy atom. The summed E-state index contributed by atoms with van der Waals surface area (Å²) in [6.07, 6.45) is 4.91. The largest absolute Gasteiger partial charge is 0.493 e. The van der Waals surface area contributed by atoms with Crippen LogP contribution >= 0.6 is 0 Å². The molecule has 4 fully saturated rings. The number of hydrogen-bond acceptors (Lipinski definition) is 5. The van der Waals surface area contributed by atoms with Crippen molar-refractivity contribution in [3.8, 4) is 11.5 Å². The Kier molecular flexibility index (Phi) is 3.16. The van der Waals surface area contributed by atoms with Crippen LogP contribution in [0.15, 0.2) is 12.1 Å². The van der Waals surface area contributed by atoms with Gasteiger partial charge in [0.25, 0.3) is 0 Å². The van der Waals surface area contributed by atoms with Crippen LogP contribution in [0.5, 0.6) is 11.5 Å². The maximum absolute atomic E-state index is 12.8. The number of rotatable bonds is 3. The lowest BCUT2D eigenvalue weighted by Crippen LogP contribution is -2.81. The van der Waals surface area contributed by atoms with Crippen LogP contribution in [0.3, 0.4) is 0 Å². The van der Waals surface area contributed by atoms with Crippen molar-refractivity contribution in [2.24, 2.45) is 11.3 Å². The summed E-state index contributed by atoms with van der Waals surface area (Å²) in [5, 5.41) is 0. The average molecular weight is 383 g/mol. The smallest absolute Gasteiger partial charge is 0.165 e. The molecule has 1 aromatic rings. The Morgan fingerprint density at radius 2 is 2.07 bits per heavy atom. The topological polar surface area (TPSA) is 48.0 Å². The Balaban J connectivity index is 1.69. The van der Waals surface area contributed by atoms with E-state index < -0.39 is 5.60 Å². The van der Waals surface area contributed by atoms with Gasteiger partial charge >= 0.3 is 0 Å². The summed E-state index contributed by atoms with van der Waals surface area (Å²) >= 11 is 0. The average Bonchev–Trinajstić information content (AvgIpc) is 3.07. The number of carbonyl (C=O) groups excluding carboxylic acids is 1. The summed E-state index contributed by atoms with van der Waals surface area (Å²) in [5.74, 6) is 1.89. The number of hydrogen-bond donors (Lipinski definition) is 0. The molecule has 2 aliphatic heterocycles. The molecule has 1 saturated heterocycles. The molecule has 0 aromatic heterocycles. The number of nitrogens with zero attached hydrogens (tertiary/aromatic N) is 1. The van der Waals surface area contributed by atoms with E-state index in [-0.39, 0.29) is 28.6 Å². The molecule has 4 bridgehead atoms. The van der Waals surface area contributed by atoms with Gasteiger partial charge in [-0.25, -0.2) is 0 Å². The van der Waals surface area contributed by atoms with Crippen molar-refractivity contribution in [1.29, 1.82) is 0 Å². The van der Waals surface area contributed by atoms with Crippen molar-refractivity contribution >= 4 is 5.78 Å². The molecule has 1 aromatic carbocycles. The molecule has 0 amide bonds. The first-order chi connectivity index (χ1) is 13.4. The van der Waals surface area contributed by atoms with Gasteiger partial charge in [-0.05, 0) is 64.3 Å². The van der Waals surface area contributed by atoms with E-state index in [1.54, 1.807) is 21.1 Å². The first-order valence-electron chi connectivity index (χ1n) is 10.6. The lowest BCUT2D eigenvalue weighted by Gasteiger charge is -2.73. The second-order valence-corrected chi connectivity index (χ2v) is 9.73. The van der Waals surface area contributed by atoms with Crippen molar-refractivity contribution in [3.63, 3.8) is 0 Å². The third-order valence-electron chi connectivity index (χ3n) is 9.32. The standard InChI is InChI=1S/C23H29NO4/c1-13(25)15-12-21-7-8-23(15,27-4)20-22(21)9-10-24(2)17(21)11-14-5-6-16(26-3)19(28-20)18(14)22/h5-6,15,17,20H,7-12H2,1-4H3/t15-,17-,20?,21?,22+,23?/m1/s1. The molecule has 150 valence electrons. The van der Waals surface area contributed by atoms with Crippen LogP contribution in [0.25, 0.3) is 0 Å². The van der Waals surface area contributed by atoms with E-state index in [9.17, 15) is 4.79 Å². The highest BCUT2D eigenvalue weighted by Gasteiger charge is 2.80. The Labute approximate surface area is 166 Å². The number of likely N-dealkylation sites (tertiary alicyclic amines) is 1. The fraction of sp³-hybridized carbons (Fsp3) is 0.696. The lowest BCUT2D eigenvalue weighted by molar-refractivity contribution is -0.270. The van der Waals surface area contributed by atoms with Crippen molar-refractivity contribution in [3.05, 3.63) is 23.3 Å². The molecule has 28 heavy (non-hydrogen) atoms. The van der Waals surface area contributed by atoms with Gasteiger partial charge in [-0.2, -0.15) is 0 Å². The Morgan fingerprint density at radius 3 is 2.79 bits per heavy atom. The molecular weight excluding hydrogens is 354 g/mol. The molecular formula is C23H29NO4. The number of fused-ring (bicyclic) bond motifs is 2. The van der Waals surface area contributed by atoms with Gasteiger partial charge in [0.15, 0.2) is 11.5 Å². The predicted octanol–water partition coefficient (Wildman–Crippen LogP) is 2.73. The highest BCUT2D eigenvalue weighted by molar-refractivity contribution is 5.81. The number of likely N-dealkylation sites (N-methyl/N-ethyl adjacent to an activating group) is 1. The first kappa shape index (κ1) is 17.3. The first-order valence-corrected chi connectivity index (χ1v) is 10.6. The van der Waals surface area contributed by atoms with E-state index in [2.05, 4.69) is 24.1 Å². The SMILES string of the molecule is COc1ccc2c3c1OC1C4(OC)CCC5(C[C@@H]4C(C)=O)[C@@H](C2)N(C)CC[C@]315. The summed E-state index contributed by atoms with van der Waals surface area (Å²) < 4.78 is 18.8. The molecule has 5 nitrogen and oxygen atoms in total. The van der Waals surface area contributed by atoms with E-state index in [1.165, 1.54) is 11.1 Å². The second kappa shape index (κ2) is 5.11. The summed E-state index contributed by atoms with van der Waals surface area (Å²) in [4.78, 5) is 15.4. The normalized spacial score (nSPS) is 44.8. The van der Waals surface area contributed by atoms with Crippen LogP contribution in [-0.2, 0) is 21.4 Å². The van der Waals surface area contributed by atoms with Crippen molar-refractivity contribution in [2.45, 2.75) is 62.2 Å². The van der Waals surface area contributed by atoms with Gasteiger partial charge in [0.1, 0.15) is 17.5 Å². The number of methoxy groups -OCH3 is 2. The van der Waals surface area contributed by atoms with Crippen LogP contribution in [-0.4, -0.2) is 56.2 Å². The molecule has 3 unspecified atom stereocenters. The summed E-state index contributed by atoms with van der Waals surface area (Å²) in [7, 11) is 5.77. The number of ether oxygens (including phenoxy) is 3. The summed E-state index contributed by atoms with van der Waals surface area (Å²) in [6, 6.07) is 4.75. The maximum atomic E-state index is 12.8. The molecule has 4 aliphatic carbocycles. The quantitative estimate of drug-likeness (QED) is 0.803. The van der Waals surface area contributed by atoms with Crippen LogP contribution < -0.4 is 9.47 Å². The summed E-state index contributed by atoms with van der Waals surface area (Å²) in [5.41, 5.74) is 2.25. The highest BCUT2D eigenvalue weighted by Crippen LogP contribution is 2.76. The number of benzene rings is 1. The van der Waals surface area contributed by atoms with Gasteiger partial charge in [-0.3, -0.25) is 4.79 Å². The van der Waals surface area contributed by atoms with E-state index in [4.69, 9.17) is 14.2 Å². The third kappa shape index (κ3) is 1.53. The van der Waals surface area contributed by atoms with E-state index in [1.807, 2.05) is 0 Å². The number of carbonyl (C=O) groups is 1. The number of Topliss-reactive ketones (excluding diaryl/α,β-unsaturated/α-hetero) is 1. The van der Waals surface area contributed by atoms with E-state index in [0.29, 0.717) is 6.04 Å². The lowest BCUT2D eigenvalue weighted by atomic mass is 9.34. The van der Waals surface area contributed by atoms with Crippen LogP contribution in [0.4, 0.5) is 0 Å². The van der Waals surface area contributed by atoms with Gasteiger partial charge in [-0.1, -0.05) is 6.07 Å². The Bertz CT molecular complexity index is 899. The minimum atomic E-state index is -0.535. The molecule has 0 N–H and O–H groups in total. The van der Waals surface area contributed by atoms with Gasteiger partial charge < -0.3 is 19.1 Å². The molecule has 6 aliphatic rings. The van der Waals surface area contributed by atoms with Gasteiger partial charge in [0, 0.05) is 29.5 Å². The zero-order valence-corrected chi connectivity index (χ0v) is 17.2. The zero-order valence-electron chi connectivity index (χ0n) is 17.2.